The van der Waals surface area contributed by atoms with Gasteiger partial charge in [-0.1, -0.05) is 35.9 Å². The Hall–Kier alpha value is -2.44. The SMILES string of the molecule is Cc1ccc(C(C)NC(=O)CN(C)Cc2cc(-c3cccs3)n[nH]2)cc1. The summed E-state index contributed by atoms with van der Waals surface area (Å²) in [6, 6.07) is 14.3. The summed E-state index contributed by atoms with van der Waals surface area (Å²) in [5, 5.41) is 12.5. The molecule has 1 unspecified atom stereocenters. The molecule has 0 bridgehead atoms. The molecule has 0 saturated carbocycles. The molecule has 3 rings (SSSR count). The first-order chi connectivity index (χ1) is 12.5. The molecule has 0 spiro atoms. The van der Waals surface area contributed by atoms with Crippen molar-refractivity contribution in [2.45, 2.75) is 26.4 Å². The molecule has 6 heteroatoms. The van der Waals surface area contributed by atoms with Crippen LogP contribution >= 0.6 is 11.3 Å². The summed E-state index contributed by atoms with van der Waals surface area (Å²) >= 11 is 1.66. The molecule has 1 amide bonds. The van der Waals surface area contributed by atoms with Gasteiger partial charge in [0.1, 0.15) is 5.69 Å². The number of carbonyl (C=O) groups is 1. The fourth-order valence-electron chi connectivity index (χ4n) is 2.81. The van der Waals surface area contributed by atoms with Gasteiger partial charge in [-0.3, -0.25) is 14.8 Å². The summed E-state index contributed by atoms with van der Waals surface area (Å²) < 4.78 is 0. The zero-order valence-corrected chi connectivity index (χ0v) is 16.1. The number of benzene rings is 1. The van der Waals surface area contributed by atoms with E-state index in [0.717, 1.165) is 21.8 Å². The average Bonchev–Trinajstić information content (AvgIpc) is 3.26. The number of amides is 1. The maximum Gasteiger partial charge on any atom is 0.234 e. The quantitative estimate of drug-likeness (QED) is 0.668. The molecular formula is C20H24N4OS. The van der Waals surface area contributed by atoms with E-state index in [1.165, 1.54) is 5.56 Å². The van der Waals surface area contributed by atoms with Crippen LogP contribution < -0.4 is 5.32 Å². The first-order valence-corrected chi connectivity index (χ1v) is 9.52. The van der Waals surface area contributed by atoms with Crippen LogP contribution in [0.3, 0.4) is 0 Å². The predicted octanol–water partition coefficient (Wildman–Crippen LogP) is 3.76. The number of nitrogens with zero attached hydrogens (tertiary/aromatic N) is 2. The number of thiophene rings is 1. The van der Waals surface area contributed by atoms with Crippen molar-refractivity contribution in [2.75, 3.05) is 13.6 Å². The number of carbonyl (C=O) groups excluding carboxylic acids is 1. The molecule has 26 heavy (non-hydrogen) atoms. The molecular weight excluding hydrogens is 344 g/mol. The molecule has 136 valence electrons. The Balaban J connectivity index is 1.50. The first kappa shape index (κ1) is 18.4. The van der Waals surface area contributed by atoms with E-state index in [9.17, 15) is 4.79 Å². The zero-order chi connectivity index (χ0) is 18.5. The summed E-state index contributed by atoms with van der Waals surface area (Å²) in [5.74, 6) is 0.0126. The van der Waals surface area contributed by atoms with E-state index in [1.54, 1.807) is 11.3 Å². The Kier molecular flexibility index (Phi) is 5.85. The summed E-state index contributed by atoms with van der Waals surface area (Å²) in [7, 11) is 1.93. The summed E-state index contributed by atoms with van der Waals surface area (Å²) in [6.07, 6.45) is 0. The van der Waals surface area contributed by atoms with Gasteiger partial charge >= 0.3 is 0 Å². The topological polar surface area (TPSA) is 61.0 Å². The van der Waals surface area contributed by atoms with Gasteiger partial charge in [-0.15, -0.1) is 11.3 Å². The summed E-state index contributed by atoms with van der Waals surface area (Å²) in [5.41, 5.74) is 4.27. The third-order valence-corrected chi connectivity index (χ3v) is 5.11. The van der Waals surface area contributed by atoms with Crippen molar-refractivity contribution < 1.29 is 4.79 Å². The molecule has 2 aromatic heterocycles. The van der Waals surface area contributed by atoms with E-state index in [0.29, 0.717) is 13.1 Å². The lowest BCUT2D eigenvalue weighted by Gasteiger charge is -2.18. The van der Waals surface area contributed by atoms with Crippen LogP contribution in [0.4, 0.5) is 0 Å². The van der Waals surface area contributed by atoms with E-state index < -0.39 is 0 Å². The molecule has 0 aliphatic rings. The summed E-state index contributed by atoms with van der Waals surface area (Å²) in [4.78, 5) is 15.4. The molecule has 0 aliphatic heterocycles. The van der Waals surface area contributed by atoms with Gasteiger partial charge in [0.05, 0.1) is 17.5 Å². The average molecular weight is 369 g/mol. The molecule has 1 aromatic carbocycles. The van der Waals surface area contributed by atoms with Gasteiger partial charge in [0.2, 0.25) is 5.91 Å². The van der Waals surface area contributed by atoms with Crippen molar-refractivity contribution in [3.63, 3.8) is 0 Å². The van der Waals surface area contributed by atoms with Gasteiger partial charge in [-0.05, 0) is 44.0 Å². The summed E-state index contributed by atoms with van der Waals surface area (Å²) in [6.45, 7) is 5.04. The molecule has 1 atom stereocenters. The van der Waals surface area contributed by atoms with Crippen LogP contribution in [0.15, 0.2) is 47.8 Å². The molecule has 5 nitrogen and oxygen atoms in total. The highest BCUT2D eigenvalue weighted by atomic mass is 32.1. The Morgan fingerprint density at radius 1 is 1.31 bits per heavy atom. The number of aromatic amines is 1. The molecule has 2 heterocycles. The van der Waals surface area contributed by atoms with Gasteiger partial charge in [0.15, 0.2) is 0 Å². The minimum absolute atomic E-state index is 0.00548. The van der Waals surface area contributed by atoms with E-state index in [4.69, 9.17) is 0 Å². The van der Waals surface area contributed by atoms with Gasteiger partial charge in [-0.2, -0.15) is 5.10 Å². The smallest absolute Gasteiger partial charge is 0.234 e. The normalized spacial score (nSPS) is 12.3. The molecule has 2 N–H and O–H groups in total. The zero-order valence-electron chi connectivity index (χ0n) is 15.3. The van der Waals surface area contributed by atoms with Crippen molar-refractivity contribution in [3.8, 4) is 10.6 Å². The van der Waals surface area contributed by atoms with E-state index >= 15 is 0 Å². The maximum absolute atomic E-state index is 12.3. The van der Waals surface area contributed by atoms with Gasteiger partial charge < -0.3 is 5.32 Å². The Labute approximate surface area is 158 Å². The van der Waals surface area contributed by atoms with Crippen LogP contribution in [-0.4, -0.2) is 34.6 Å². The molecule has 3 aromatic rings. The Morgan fingerprint density at radius 3 is 2.77 bits per heavy atom. The number of hydrogen-bond acceptors (Lipinski definition) is 4. The number of H-pyrrole nitrogens is 1. The second-order valence-corrected chi connectivity index (χ2v) is 7.58. The van der Waals surface area contributed by atoms with Gasteiger partial charge in [0.25, 0.3) is 0 Å². The fourth-order valence-corrected chi connectivity index (χ4v) is 3.50. The van der Waals surface area contributed by atoms with Gasteiger partial charge in [0, 0.05) is 12.2 Å². The Bertz CT molecular complexity index is 839. The Morgan fingerprint density at radius 2 is 2.08 bits per heavy atom. The highest BCUT2D eigenvalue weighted by Crippen LogP contribution is 2.23. The van der Waals surface area contributed by atoms with E-state index in [-0.39, 0.29) is 11.9 Å². The lowest BCUT2D eigenvalue weighted by molar-refractivity contribution is -0.122. The third kappa shape index (κ3) is 4.80. The number of aromatic nitrogens is 2. The second kappa shape index (κ2) is 8.29. The number of aryl methyl sites for hydroxylation is 1. The predicted molar refractivity (Wildman–Crippen MR) is 106 cm³/mol. The standard InChI is InChI=1S/C20H24N4OS/c1-14-6-8-16(9-7-14)15(2)21-20(25)13-24(3)12-17-11-18(23-22-17)19-5-4-10-26-19/h4-11,15H,12-13H2,1-3H3,(H,21,25)(H,22,23). The number of likely N-dealkylation sites (N-methyl/N-ethyl adjacent to an activating group) is 1. The van der Waals surface area contributed by atoms with Crippen molar-refractivity contribution in [3.05, 3.63) is 64.7 Å². The largest absolute Gasteiger partial charge is 0.348 e. The lowest BCUT2D eigenvalue weighted by Crippen LogP contribution is -2.36. The first-order valence-electron chi connectivity index (χ1n) is 8.64. The van der Waals surface area contributed by atoms with Crippen molar-refractivity contribution >= 4 is 17.2 Å². The van der Waals surface area contributed by atoms with Crippen LogP contribution in [0.1, 0.15) is 29.8 Å². The maximum atomic E-state index is 12.3. The molecule has 0 aliphatic carbocycles. The van der Waals surface area contributed by atoms with Crippen LogP contribution in [0.2, 0.25) is 0 Å². The van der Waals surface area contributed by atoms with Crippen molar-refractivity contribution in [1.29, 1.82) is 0 Å². The molecule has 0 saturated heterocycles. The van der Waals surface area contributed by atoms with Crippen molar-refractivity contribution in [2.24, 2.45) is 0 Å². The second-order valence-electron chi connectivity index (χ2n) is 6.63. The number of rotatable bonds is 7. The minimum Gasteiger partial charge on any atom is -0.348 e. The van der Waals surface area contributed by atoms with E-state index in [1.807, 2.05) is 42.5 Å². The van der Waals surface area contributed by atoms with Crippen LogP contribution in [0.25, 0.3) is 10.6 Å². The third-order valence-electron chi connectivity index (χ3n) is 4.21. The highest BCUT2D eigenvalue weighted by Gasteiger charge is 2.13. The lowest BCUT2D eigenvalue weighted by atomic mass is 10.1. The molecule has 0 radical (unpaired) electrons. The molecule has 0 fully saturated rings. The minimum atomic E-state index is -0.00548. The van der Waals surface area contributed by atoms with Crippen LogP contribution in [-0.2, 0) is 11.3 Å². The van der Waals surface area contributed by atoms with E-state index in [2.05, 4.69) is 46.7 Å². The fraction of sp³-hybridized carbons (Fsp3) is 0.300. The number of nitrogens with one attached hydrogen (secondary N) is 2. The van der Waals surface area contributed by atoms with Crippen LogP contribution in [0, 0.1) is 6.92 Å². The van der Waals surface area contributed by atoms with Crippen LogP contribution in [0.5, 0.6) is 0 Å². The van der Waals surface area contributed by atoms with Gasteiger partial charge in [-0.25, -0.2) is 0 Å². The van der Waals surface area contributed by atoms with Crippen molar-refractivity contribution in [1.82, 2.24) is 20.4 Å². The monoisotopic (exact) mass is 368 g/mol. The highest BCUT2D eigenvalue weighted by molar-refractivity contribution is 7.13. The number of hydrogen-bond donors (Lipinski definition) is 2.